The molecular weight excluding hydrogens is 428 g/mol. The molecule has 0 aliphatic carbocycles. The first-order valence-electron chi connectivity index (χ1n) is 9.79. The molecule has 0 radical (unpaired) electrons. The van der Waals surface area contributed by atoms with Crippen molar-refractivity contribution in [3.8, 4) is 0 Å². The fourth-order valence-electron chi connectivity index (χ4n) is 3.50. The molecule has 0 atom stereocenters. The second-order valence-corrected chi connectivity index (χ2v) is 9.29. The van der Waals surface area contributed by atoms with Gasteiger partial charge in [0.1, 0.15) is 0 Å². The van der Waals surface area contributed by atoms with Gasteiger partial charge in [0.2, 0.25) is 9.84 Å². The Labute approximate surface area is 183 Å². The molecule has 0 unspecified atom stereocenters. The van der Waals surface area contributed by atoms with Gasteiger partial charge in [-0.3, -0.25) is 14.5 Å². The lowest BCUT2D eigenvalue weighted by Gasteiger charge is -2.07. The normalized spacial score (nSPS) is 11.8. The Morgan fingerprint density at radius 3 is 2.56 bits per heavy atom. The van der Waals surface area contributed by atoms with Crippen LogP contribution in [0.25, 0.3) is 21.9 Å². The molecular formula is C23H18N4O4S. The van der Waals surface area contributed by atoms with Crippen LogP contribution in [0, 0.1) is 0 Å². The van der Waals surface area contributed by atoms with Crippen molar-refractivity contribution in [2.45, 2.75) is 16.3 Å². The first kappa shape index (κ1) is 20.0. The van der Waals surface area contributed by atoms with Gasteiger partial charge in [-0.2, -0.15) is 5.10 Å². The summed E-state index contributed by atoms with van der Waals surface area (Å²) < 4.78 is 33.2. The van der Waals surface area contributed by atoms with Crippen molar-refractivity contribution in [1.29, 1.82) is 0 Å². The molecule has 160 valence electrons. The van der Waals surface area contributed by atoms with E-state index < -0.39 is 9.84 Å². The first-order chi connectivity index (χ1) is 15.4. The molecule has 0 saturated heterocycles. The summed E-state index contributed by atoms with van der Waals surface area (Å²) in [6.07, 6.45) is 4.82. The smallest absolute Gasteiger partial charge is 0.287 e. The van der Waals surface area contributed by atoms with E-state index in [0.29, 0.717) is 5.58 Å². The molecule has 0 bridgehead atoms. The van der Waals surface area contributed by atoms with Crippen molar-refractivity contribution < 1.29 is 17.6 Å². The Hall–Kier alpha value is -3.98. The number of aromatic nitrogens is 3. The van der Waals surface area contributed by atoms with Crippen LogP contribution < -0.4 is 5.32 Å². The van der Waals surface area contributed by atoms with Crippen LogP contribution in [-0.4, -0.2) is 29.1 Å². The van der Waals surface area contributed by atoms with Crippen LogP contribution in [0.2, 0.25) is 0 Å². The summed E-state index contributed by atoms with van der Waals surface area (Å²) in [5, 5.41) is 8.48. The molecule has 5 aromatic rings. The van der Waals surface area contributed by atoms with Gasteiger partial charge < -0.3 is 9.73 Å². The average Bonchev–Trinajstić information content (AvgIpc) is 3.41. The molecule has 8 nitrogen and oxygen atoms in total. The fourth-order valence-corrected chi connectivity index (χ4v) is 4.79. The van der Waals surface area contributed by atoms with E-state index in [1.165, 1.54) is 12.1 Å². The lowest BCUT2D eigenvalue weighted by atomic mass is 10.2. The third-order valence-electron chi connectivity index (χ3n) is 5.26. The predicted molar refractivity (Wildman–Crippen MR) is 118 cm³/mol. The monoisotopic (exact) mass is 446 g/mol. The number of nitrogens with zero attached hydrogens (tertiary/aromatic N) is 3. The number of hydrogen-bond acceptors (Lipinski definition) is 6. The Kier molecular flexibility index (Phi) is 4.75. The molecule has 0 fully saturated rings. The second kappa shape index (κ2) is 7.61. The largest absolute Gasteiger partial charge is 0.449 e. The highest BCUT2D eigenvalue weighted by Gasteiger charge is 2.19. The topological polar surface area (TPSA) is 107 Å². The molecule has 0 saturated carbocycles. The third kappa shape index (κ3) is 3.52. The minimum absolute atomic E-state index is 0.181. The minimum atomic E-state index is -3.67. The van der Waals surface area contributed by atoms with E-state index in [-0.39, 0.29) is 28.0 Å². The Balaban J connectivity index is 1.31. The van der Waals surface area contributed by atoms with E-state index in [0.717, 1.165) is 21.9 Å². The Morgan fingerprint density at radius 2 is 1.78 bits per heavy atom. The molecule has 3 heterocycles. The quantitative estimate of drug-likeness (QED) is 0.443. The summed E-state index contributed by atoms with van der Waals surface area (Å²) in [5.41, 5.74) is 2.16. The Morgan fingerprint density at radius 1 is 1.00 bits per heavy atom. The minimum Gasteiger partial charge on any atom is -0.449 e. The summed E-state index contributed by atoms with van der Waals surface area (Å²) in [6.45, 7) is 0.232. The third-order valence-corrected chi connectivity index (χ3v) is 7.03. The number of sulfone groups is 1. The molecule has 0 spiro atoms. The number of benzene rings is 2. The van der Waals surface area contributed by atoms with Gasteiger partial charge in [-0.25, -0.2) is 8.42 Å². The van der Waals surface area contributed by atoms with Gasteiger partial charge in [-0.1, -0.05) is 12.1 Å². The van der Waals surface area contributed by atoms with Gasteiger partial charge in [-0.15, -0.1) is 0 Å². The maximum Gasteiger partial charge on any atom is 0.287 e. The van der Waals surface area contributed by atoms with Gasteiger partial charge in [0, 0.05) is 30.6 Å². The molecule has 0 aliphatic heterocycles. The highest BCUT2D eigenvalue weighted by atomic mass is 32.2. The number of furan rings is 1. The lowest BCUT2D eigenvalue weighted by molar-refractivity contribution is 0.0925. The summed E-state index contributed by atoms with van der Waals surface area (Å²) >= 11 is 0. The van der Waals surface area contributed by atoms with E-state index in [2.05, 4.69) is 15.4 Å². The van der Waals surface area contributed by atoms with Gasteiger partial charge in [0.15, 0.2) is 11.3 Å². The molecule has 32 heavy (non-hydrogen) atoms. The molecule has 1 N–H and O–H groups in total. The van der Waals surface area contributed by atoms with E-state index >= 15 is 0 Å². The summed E-state index contributed by atoms with van der Waals surface area (Å²) in [6, 6.07) is 14.8. The van der Waals surface area contributed by atoms with Crippen molar-refractivity contribution in [1.82, 2.24) is 20.1 Å². The van der Waals surface area contributed by atoms with Crippen LogP contribution in [0.5, 0.6) is 0 Å². The van der Waals surface area contributed by atoms with E-state index in [9.17, 15) is 13.2 Å². The number of rotatable bonds is 5. The molecule has 0 aliphatic rings. The highest BCUT2D eigenvalue weighted by Crippen LogP contribution is 2.25. The number of fused-ring (bicyclic) bond motifs is 2. The maximum atomic E-state index is 13.0. The predicted octanol–water partition coefficient (Wildman–Crippen LogP) is 3.48. The Bertz CT molecular complexity index is 1530. The van der Waals surface area contributed by atoms with Crippen molar-refractivity contribution in [2.24, 2.45) is 7.05 Å². The summed E-state index contributed by atoms with van der Waals surface area (Å²) in [5.74, 6) is -0.166. The number of pyridine rings is 1. The van der Waals surface area contributed by atoms with Crippen LogP contribution in [0.15, 0.2) is 87.4 Å². The van der Waals surface area contributed by atoms with E-state index in [1.54, 1.807) is 72.8 Å². The van der Waals surface area contributed by atoms with Crippen LogP contribution in [-0.2, 0) is 23.4 Å². The SMILES string of the molecule is Cn1ncc2cc(S(=O)(=O)c3ccc(CNC(=O)c4cc5ccncc5o4)cc3)ccc21. The fraction of sp³-hybridized carbons (Fsp3) is 0.0870. The van der Waals surface area contributed by atoms with Crippen LogP contribution >= 0.6 is 0 Å². The number of carbonyl (C=O) groups is 1. The van der Waals surface area contributed by atoms with Crippen LogP contribution in [0.1, 0.15) is 16.1 Å². The summed E-state index contributed by atoms with van der Waals surface area (Å²) in [4.78, 5) is 16.7. The van der Waals surface area contributed by atoms with Gasteiger partial charge in [0.25, 0.3) is 5.91 Å². The number of hydrogen-bond donors (Lipinski definition) is 1. The molecule has 9 heteroatoms. The van der Waals surface area contributed by atoms with Crippen molar-refractivity contribution in [3.63, 3.8) is 0 Å². The van der Waals surface area contributed by atoms with Crippen molar-refractivity contribution >= 4 is 37.6 Å². The average molecular weight is 446 g/mol. The van der Waals surface area contributed by atoms with Crippen LogP contribution in [0.4, 0.5) is 0 Å². The van der Waals surface area contributed by atoms with Crippen LogP contribution in [0.3, 0.4) is 0 Å². The lowest BCUT2D eigenvalue weighted by Crippen LogP contribution is -2.22. The molecule has 2 aromatic carbocycles. The zero-order valence-electron chi connectivity index (χ0n) is 17.0. The molecule has 3 aromatic heterocycles. The van der Waals surface area contributed by atoms with Gasteiger partial charge in [-0.05, 0) is 48.0 Å². The number of nitrogens with one attached hydrogen (secondary N) is 1. The van der Waals surface area contributed by atoms with E-state index in [4.69, 9.17) is 4.42 Å². The zero-order valence-corrected chi connectivity index (χ0v) is 17.8. The molecule has 5 rings (SSSR count). The number of amides is 1. The standard InChI is InChI=1S/C23H18N4O4S/c1-27-20-7-6-19(10-17(20)13-26-27)32(29,30)18-4-2-15(3-5-18)12-25-23(28)21-11-16-8-9-24-14-22(16)31-21/h2-11,13-14H,12H2,1H3,(H,25,28). The maximum absolute atomic E-state index is 13.0. The second-order valence-electron chi connectivity index (χ2n) is 7.34. The first-order valence-corrected chi connectivity index (χ1v) is 11.3. The zero-order chi connectivity index (χ0) is 22.3. The summed E-state index contributed by atoms with van der Waals surface area (Å²) in [7, 11) is -1.87. The van der Waals surface area contributed by atoms with Crippen molar-refractivity contribution in [2.75, 3.05) is 0 Å². The van der Waals surface area contributed by atoms with Gasteiger partial charge in [0.05, 0.1) is 27.7 Å². The van der Waals surface area contributed by atoms with Gasteiger partial charge >= 0.3 is 0 Å². The number of aryl methyl sites for hydroxylation is 1. The molecule has 1 amide bonds. The van der Waals surface area contributed by atoms with E-state index in [1.807, 2.05) is 0 Å². The van der Waals surface area contributed by atoms with Crippen molar-refractivity contribution in [3.05, 3.63) is 84.5 Å². The highest BCUT2D eigenvalue weighted by molar-refractivity contribution is 7.91. The number of carbonyl (C=O) groups excluding carboxylic acids is 1.